The van der Waals surface area contributed by atoms with Crippen molar-refractivity contribution >= 4 is 117 Å². The number of carbonyl (C=O) groups is 8. The van der Waals surface area contributed by atoms with Gasteiger partial charge in [0, 0.05) is 98.1 Å². The van der Waals surface area contributed by atoms with E-state index >= 15 is 0 Å². The molecule has 4 saturated heterocycles. The molecule has 4 amide bonds. The van der Waals surface area contributed by atoms with Gasteiger partial charge in [-0.3, -0.25) is 19.2 Å². The van der Waals surface area contributed by atoms with Gasteiger partial charge in [0.1, 0.15) is 0 Å². The molecule has 4 fully saturated rings. The van der Waals surface area contributed by atoms with Gasteiger partial charge in [0.05, 0.1) is 71.5 Å². The number of likely N-dealkylation sites (tertiary alicyclic amines) is 4. The molecule has 0 radical (unpaired) electrons. The summed E-state index contributed by atoms with van der Waals surface area (Å²) < 4.78 is 22.0. The highest BCUT2D eigenvalue weighted by molar-refractivity contribution is 6.34. The fourth-order valence-corrected chi connectivity index (χ4v) is 18.1. The molecular formula is C110H148Cl4N8O16. The SMILES string of the molecule is C=CCC/C=C/C(Cc1c(Cl)c(C)cc(C)c1C(=O)OCCC=C)=N/OCC(=O)N1CCCCC1.C=CCC/C=C/C(Cc1c(Cl)c(C)cc(C)c1C(=O)OCCC=C)=N\OCC(=O)N1CCCCC1.Cc1cc(C)c2c(c1Cl)C/C(=N/OCC(=O)N1CCCCC1)CC(C)CC/C=C/CCOC2=O.Cc1cc(C)c2c(c1Cl)C/C(=N\OCC(=O)N1CCCCC1)CC(C)CC/C=C/CCOC2=O. The minimum atomic E-state index is -0.433. The third kappa shape index (κ3) is 39.0. The first-order valence-corrected chi connectivity index (χ1v) is 50.7. The summed E-state index contributed by atoms with van der Waals surface area (Å²) in [5.41, 5.74) is 14.0. The molecule has 0 bridgehead atoms. The van der Waals surface area contributed by atoms with Crippen molar-refractivity contribution in [3.05, 3.63) is 233 Å². The Balaban J connectivity index is 0.000000250. The van der Waals surface area contributed by atoms with E-state index in [0.717, 1.165) is 224 Å². The predicted molar refractivity (Wildman–Crippen MR) is 555 cm³/mol. The number of rotatable bonds is 32. The first kappa shape index (κ1) is 115. The maximum Gasteiger partial charge on any atom is 0.338 e. The molecule has 28 heteroatoms. The average molecular weight is 1980 g/mol. The van der Waals surface area contributed by atoms with Gasteiger partial charge in [-0.15, -0.1) is 26.3 Å². The van der Waals surface area contributed by atoms with Gasteiger partial charge < -0.3 is 57.9 Å². The van der Waals surface area contributed by atoms with E-state index in [9.17, 15) is 38.4 Å². The standard InChI is InChI=1S/2C28H37ClN2O4.2C27H37ClN2O4/c2*1-5-7-9-11-14-23(30-35-20-25(32)31-15-12-10-13-16-31)19-24-26(28(33)34-17-8-6-2)21(3)18-22(4)27(24)29;2*1-19-11-7-4-5-10-14-33-27(32)25-20(2)16-21(3)26(28)23(25)17-22(15-19)29-34-18-24(31)30-12-8-6-9-13-30/h2*5-6,11,14,18H,1-2,7-10,12-13,15-17,19-20H2,3-4H3;2*4-5,16,19H,6-15,17-18H2,1-3H3/b14-11+,30-23+;14-11+,30-23-;5-4+,29-22+;5-4+,29-22-. The summed E-state index contributed by atoms with van der Waals surface area (Å²) in [6.07, 6.45) is 48.3. The number of hydrogen-bond donors (Lipinski definition) is 0. The zero-order chi connectivity index (χ0) is 100. The Morgan fingerprint density at radius 2 is 0.703 bits per heavy atom. The molecule has 6 heterocycles. The van der Waals surface area contributed by atoms with E-state index in [1.807, 2.05) is 136 Å². The van der Waals surface area contributed by atoms with Crippen molar-refractivity contribution in [2.45, 2.75) is 262 Å². The zero-order valence-corrected chi connectivity index (χ0v) is 86.4. The summed E-state index contributed by atoms with van der Waals surface area (Å²) >= 11 is 26.8. The third-order valence-electron chi connectivity index (χ3n) is 24.6. The number of cyclic esters (lactones) is 2. The number of oxime groups is 4. The van der Waals surface area contributed by atoms with Crippen LogP contribution >= 0.6 is 46.4 Å². The monoisotopic (exact) mass is 1980 g/mol. The fourth-order valence-electron chi connectivity index (χ4n) is 17.2. The number of unbranched alkanes of at least 4 members (excludes halogenated alkanes) is 2. The van der Waals surface area contributed by atoms with E-state index < -0.39 is 11.9 Å². The second kappa shape index (κ2) is 63.3. The quantitative estimate of drug-likeness (QED) is 0.0110. The highest BCUT2D eigenvalue weighted by atomic mass is 35.5. The molecule has 6 aliphatic heterocycles. The van der Waals surface area contributed by atoms with Crippen LogP contribution in [0.5, 0.6) is 0 Å². The number of nitrogens with zero attached hydrogens (tertiary/aromatic N) is 8. The number of ether oxygens (including phenoxy) is 4. The van der Waals surface area contributed by atoms with E-state index in [1.165, 1.54) is 12.8 Å². The van der Waals surface area contributed by atoms with Gasteiger partial charge in [-0.05, 0) is 313 Å². The number of carbonyl (C=O) groups excluding carboxylic acids is 8. The number of allylic oxidation sites excluding steroid dienone is 8. The number of esters is 4. The molecule has 2 unspecified atom stereocenters. The lowest BCUT2D eigenvalue weighted by atomic mass is 9.91. The van der Waals surface area contributed by atoms with Crippen LogP contribution in [-0.2, 0) is 83.2 Å². The number of piperidine rings is 4. The Labute approximate surface area is 839 Å². The molecule has 4 aromatic rings. The first-order valence-electron chi connectivity index (χ1n) is 49.2. The molecule has 0 aromatic heterocycles. The van der Waals surface area contributed by atoms with Crippen LogP contribution in [0.25, 0.3) is 0 Å². The number of benzene rings is 4. The molecular weight excluding hydrogens is 1830 g/mol. The lowest BCUT2D eigenvalue weighted by molar-refractivity contribution is -0.137. The van der Waals surface area contributed by atoms with Gasteiger partial charge in [-0.1, -0.05) is 166 Å². The van der Waals surface area contributed by atoms with Gasteiger partial charge >= 0.3 is 23.9 Å². The van der Waals surface area contributed by atoms with Gasteiger partial charge in [-0.2, -0.15) is 0 Å². The Hall–Kier alpha value is -10.4. The number of fused-ring (bicyclic) bond motifs is 2. The van der Waals surface area contributed by atoms with Crippen LogP contribution in [0.2, 0.25) is 20.1 Å². The smallest absolute Gasteiger partial charge is 0.338 e. The number of halogens is 4. The topological polar surface area (TPSA) is 273 Å². The molecule has 752 valence electrons. The Kier molecular flexibility index (Phi) is 52.6. The van der Waals surface area contributed by atoms with Crippen LogP contribution in [0, 0.1) is 67.2 Å². The molecule has 6 aliphatic rings. The molecule has 0 N–H and O–H groups in total. The van der Waals surface area contributed by atoms with Crippen molar-refractivity contribution in [1.29, 1.82) is 0 Å². The molecule has 10 rings (SSSR count). The summed E-state index contributed by atoms with van der Waals surface area (Å²) in [6, 6.07) is 7.58. The van der Waals surface area contributed by atoms with Crippen LogP contribution in [0.4, 0.5) is 0 Å². The van der Waals surface area contributed by atoms with Crippen molar-refractivity contribution in [3.63, 3.8) is 0 Å². The summed E-state index contributed by atoms with van der Waals surface area (Å²) in [4.78, 5) is 131. The van der Waals surface area contributed by atoms with Crippen molar-refractivity contribution in [1.82, 2.24) is 19.6 Å². The largest absolute Gasteiger partial charge is 0.462 e. The maximum atomic E-state index is 13.0. The van der Waals surface area contributed by atoms with Crippen LogP contribution in [0.1, 0.15) is 289 Å². The Bertz CT molecular complexity index is 4720. The lowest BCUT2D eigenvalue weighted by Gasteiger charge is -2.26. The number of aryl methyl sites for hydroxylation is 8. The molecule has 4 aromatic carbocycles. The van der Waals surface area contributed by atoms with Crippen molar-refractivity contribution in [2.24, 2.45) is 32.5 Å². The number of hydrogen-bond acceptors (Lipinski definition) is 20. The molecule has 0 spiro atoms. The lowest BCUT2D eigenvalue weighted by Crippen LogP contribution is -2.37. The predicted octanol–water partition coefficient (Wildman–Crippen LogP) is 23.9. The highest BCUT2D eigenvalue weighted by Gasteiger charge is 2.30. The van der Waals surface area contributed by atoms with Crippen LogP contribution in [0.3, 0.4) is 0 Å². The Morgan fingerprint density at radius 3 is 1.03 bits per heavy atom. The molecule has 0 saturated carbocycles. The van der Waals surface area contributed by atoms with Gasteiger partial charge in [0.25, 0.3) is 23.6 Å². The minimum Gasteiger partial charge on any atom is -0.462 e. The zero-order valence-electron chi connectivity index (χ0n) is 83.4. The molecule has 138 heavy (non-hydrogen) atoms. The first-order chi connectivity index (χ1) is 66.5. The van der Waals surface area contributed by atoms with Crippen LogP contribution < -0.4 is 0 Å². The highest BCUT2D eigenvalue weighted by Crippen LogP contribution is 2.36. The Morgan fingerprint density at radius 1 is 0.399 bits per heavy atom. The summed E-state index contributed by atoms with van der Waals surface area (Å²) in [6.45, 7) is 41.3. The van der Waals surface area contributed by atoms with E-state index in [-0.39, 0.29) is 88.1 Å². The van der Waals surface area contributed by atoms with Gasteiger partial charge in [0.15, 0.2) is 26.4 Å². The molecule has 2 atom stereocenters. The summed E-state index contributed by atoms with van der Waals surface area (Å²) in [7, 11) is 0. The van der Waals surface area contributed by atoms with Crippen molar-refractivity contribution < 1.29 is 76.7 Å². The second-order valence-electron chi connectivity index (χ2n) is 36.3. The van der Waals surface area contributed by atoms with E-state index in [1.54, 1.807) is 12.2 Å². The minimum absolute atomic E-state index is 0.0307. The second-order valence-corrected chi connectivity index (χ2v) is 37.8. The van der Waals surface area contributed by atoms with E-state index in [0.29, 0.717) is 152 Å². The van der Waals surface area contributed by atoms with Gasteiger partial charge in [-0.25, -0.2) is 19.2 Å². The normalized spacial score (nSPS) is 18.2. The molecule has 24 nitrogen and oxygen atoms in total. The fraction of sp³-hybridized carbons (Fsp3) is 0.527. The van der Waals surface area contributed by atoms with Crippen LogP contribution in [0.15, 0.2) is 144 Å². The van der Waals surface area contributed by atoms with E-state index in [4.69, 9.17) is 84.7 Å². The number of amides is 4. The molecule has 0 aliphatic carbocycles. The third-order valence-corrected chi connectivity index (χ3v) is 26.7. The van der Waals surface area contributed by atoms with E-state index in [2.05, 4.69) is 85.1 Å². The summed E-state index contributed by atoms with van der Waals surface area (Å²) in [5, 5.41) is 19.4. The average Bonchev–Trinajstić information content (AvgIpc) is 0.812. The van der Waals surface area contributed by atoms with Crippen LogP contribution in [-0.4, -0.2) is 195 Å². The van der Waals surface area contributed by atoms with Gasteiger partial charge in [0.2, 0.25) is 0 Å². The van der Waals surface area contributed by atoms with Crippen molar-refractivity contribution in [2.75, 3.05) is 105 Å². The van der Waals surface area contributed by atoms with Crippen molar-refractivity contribution in [3.8, 4) is 0 Å². The summed E-state index contributed by atoms with van der Waals surface area (Å²) in [5.74, 6) is -1.07. The maximum absolute atomic E-state index is 13.0.